The fourth-order valence-corrected chi connectivity index (χ4v) is 3.80. The molecule has 1 aromatic heterocycles. The van der Waals surface area contributed by atoms with Crippen molar-refractivity contribution in [3.05, 3.63) is 106 Å². The molecule has 0 aliphatic carbocycles. The molecule has 7 nitrogen and oxygen atoms in total. The molecule has 1 heterocycles. The third-order valence-corrected chi connectivity index (χ3v) is 5.86. The first-order valence-corrected chi connectivity index (χ1v) is 11.5. The molecule has 0 bridgehead atoms. The Morgan fingerprint density at radius 1 is 0.861 bits per heavy atom. The van der Waals surface area contributed by atoms with Gasteiger partial charge in [0.2, 0.25) is 0 Å². The highest BCUT2D eigenvalue weighted by Crippen LogP contribution is 2.32. The van der Waals surface area contributed by atoms with Gasteiger partial charge in [0, 0.05) is 16.9 Å². The number of hydrogen-bond acceptors (Lipinski definition) is 7. The summed E-state index contributed by atoms with van der Waals surface area (Å²) in [5.41, 5.74) is 1.29. The molecule has 4 aromatic rings. The molecular formula is C29H26O7. The Balaban J connectivity index is 1.38. The van der Waals surface area contributed by atoms with Gasteiger partial charge in [0.25, 0.3) is 0 Å². The molecule has 0 atom stereocenters. The standard InChI is InChI=1S/C29H26O7/c1-4-33-27(31)24-16-19-10-13-23(17-25(19)36-28(24)32)35-26(30)18-34-22-14-11-21(12-15-22)29(2,3)20-8-6-5-7-9-20/h5-17H,4,18H2,1-3H3. The van der Waals surface area contributed by atoms with Crippen LogP contribution in [0.4, 0.5) is 0 Å². The Morgan fingerprint density at radius 3 is 2.22 bits per heavy atom. The normalized spacial score (nSPS) is 11.2. The molecule has 0 aliphatic rings. The van der Waals surface area contributed by atoms with Crippen molar-refractivity contribution in [2.24, 2.45) is 0 Å². The highest BCUT2D eigenvalue weighted by atomic mass is 16.6. The first kappa shape index (κ1) is 24.7. The third kappa shape index (κ3) is 5.46. The summed E-state index contributed by atoms with van der Waals surface area (Å²) in [6.45, 7) is 5.79. The molecular weight excluding hydrogens is 460 g/mol. The molecule has 4 rings (SSSR count). The number of hydrogen-bond donors (Lipinski definition) is 0. The predicted molar refractivity (Wildman–Crippen MR) is 135 cm³/mol. The Kier molecular flexibility index (Phi) is 7.20. The van der Waals surface area contributed by atoms with Gasteiger partial charge in [-0.2, -0.15) is 0 Å². The summed E-state index contributed by atoms with van der Waals surface area (Å²) in [4.78, 5) is 36.3. The van der Waals surface area contributed by atoms with Gasteiger partial charge in [0.05, 0.1) is 6.61 Å². The van der Waals surface area contributed by atoms with Crippen molar-refractivity contribution in [2.75, 3.05) is 13.2 Å². The van der Waals surface area contributed by atoms with E-state index in [9.17, 15) is 14.4 Å². The van der Waals surface area contributed by atoms with Gasteiger partial charge in [0.15, 0.2) is 6.61 Å². The number of ether oxygens (including phenoxy) is 3. The van der Waals surface area contributed by atoms with Crippen molar-refractivity contribution in [1.82, 2.24) is 0 Å². The molecule has 184 valence electrons. The van der Waals surface area contributed by atoms with Crippen LogP contribution < -0.4 is 15.1 Å². The number of rotatable bonds is 8. The van der Waals surface area contributed by atoms with Gasteiger partial charge in [0.1, 0.15) is 22.6 Å². The van der Waals surface area contributed by atoms with E-state index in [0.717, 1.165) is 5.56 Å². The molecule has 0 amide bonds. The molecule has 0 N–H and O–H groups in total. The molecule has 0 unspecified atom stereocenters. The van der Waals surface area contributed by atoms with Gasteiger partial charge in [-0.3, -0.25) is 0 Å². The molecule has 0 saturated carbocycles. The zero-order valence-corrected chi connectivity index (χ0v) is 20.3. The molecule has 36 heavy (non-hydrogen) atoms. The average molecular weight is 487 g/mol. The fourth-order valence-electron chi connectivity index (χ4n) is 3.80. The number of fused-ring (bicyclic) bond motifs is 1. The van der Waals surface area contributed by atoms with Crippen LogP contribution in [0.5, 0.6) is 11.5 Å². The highest BCUT2D eigenvalue weighted by Gasteiger charge is 2.22. The fraction of sp³-hybridized carbons (Fsp3) is 0.207. The van der Waals surface area contributed by atoms with Gasteiger partial charge in [-0.1, -0.05) is 56.3 Å². The van der Waals surface area contributed by atoms with E-state index in [0.29, 0.717) is 11.1 Å². The largest absolute Gasteiger partial charge is 0.482 e. The lowest BCUT2D eigenvalue weighted by Gasteiger charge is -2.26. The lowest BCUT2D eigenvalue weighted by atomic mass is 9.78. The molecule has 0 saturated heterocycles. The minimum Gasteiger partial charge on any atom is -0.482 e. The summed E-state index contributed by atoms with van der Waals surface area (Å²) < 4.78 is 21.0. The van der Waals surface area contributed by atoms with E-state index in [1.165, 1.54) is 23.8 Å². The van der Waals surface area contributed by atoms with E-state index >= 15 is 0 Å². The van der Waals surface area contributed by atoms with Crippen LogP contribution in [-0.4, -0.2) is 25.2 Å². The minimum atomic E-state index is -0.827. The van der Waals surface area contributed by atoms with Crippen LogP contribution in [0.1, 0.15) is 42.3 Å². The van der Waals surface area contributed by atoms with Crippen LogP contribution in [0.2, 0.25) is 0 Å². The molecule has 0 radical (unpaired) electrons. The molecule has 3 aromatic carbocycles. The van der Waals surface area contributed by atoms with E-state index < -0.39 is 17.6 Å². The summed E-state index contributed by atoms with van der Waals surface area (Å²) in [6, 6.07) is 23.7. The smallest absolute Gasteiger partial charge is 0.351 e. The van der Waals surface area contributed by atoms with Crippen molar-refractivity contribution in [1.29, 1.82) is 0 Å². The quantitative estimate of drug-likeness (QED) is 0.190. The number of esters is 2. The molecule has 7 heteroatoms. The van der Waals surface area contributed by atoms with Crippen molar-refractivity contribution in [3.8, 4) is 11.5 Å². The van der Waals surface area contributed by atoms with Crippen LogP contribution in [0, 0.1) is 0 Å². The van der Waals surface area contributed by atoms with E-state index in [2.05, 4.69) is 26.0 Å². The first-order chi connectivity index (χ1) is 17.3. The summed E-state index contributed by atoms with van der Waals surface area (Å²) in [7, 11) is 0. The van der Waals surface area contributed by atoms with Gasteiger partial charge in [-0.25, -0.2) is 14.4 Å². The summed E-state index contributed by atoms with van der Waals surface area (Å²) in [5.74, 6) is -0.648. The maximum atomic E-state index is 12.3. The number of carbonyl (C=O) groups excluding carboxylic acids is 2. The topological polar surface area (TPSA) is 92.0 Å². The Hall–Kier alpha value is -4.39. The number of carbonyl (C=O) groups is 2. The van der Waals surface area contributed by atoms with Gasteiger partial charge < -0.3 is 18.6 Å². The van der Waals surface area contributed by atoms with Gasteiger partial charge >= 0.3 is 17.6 Å². The van der Waals surface area contributed by atoms with Crippen LogP contribution in [-0.2, 0) is 14.9 Å². The van der Waals surface area contributed by atoms with Gasteiger partial charge in [-0.15, -0.1) is 0 Å². The lowest BCUT2D eigenvalue weighted by Crippen LogP contribution is -2.19. The minimum absolute atomic E-state index is 0.142. The Labute approximate surface area is 208 Å². The van der Waals surface area contributed by atoms with E-state index in [1.54, 1.807) is 13.0 Å². The Bertz CT molecular complexity index is 1430. The summed E-state index contributed by atoms with van der Waals surface area (Å²) in [6.07, 6.45) is 0. The zero-order valence-electron chi connectivity index (χ0n) is 20.3. The second-order valence-electron chi connectivity index (χ2n) is 8.65. The van der Waals surface area contributed by atoms with Crippen molar-refractivity contribution in [2.45, 2.75) is 26.2 Å². The van der Waals surface area contributed by atoms with E-state index in [-0.39, 0.29) is 35.5 Å². The summed E-state index contributed by atoms with van der Waals surface area (Å²) in [5, 5.41) is 0.493. The monoisotopic (exact) mass is 486 g/mol. The second kappa shape index (κ2) is 10.5. The van der Waals surface area contributed by atoms with Gasteiger partial charge in [-0.05, 0) is 48.4 Å². The third-order valence-electron chi connectivity index (χ3n) is 5.86. The SMILES string of the molecule is CCOC(=O)c1cc2ccc(OC(=O)COc3ccc(C(C)(C)c4ccccc4)cc3)cc2oc1=O. The first-order valence-electron chi connectivity index (χ1n) is 11.5. The molecule has 0 fully saturated rings. The summed E-state index contributed by atoms with van der Waals surface area (Å²) >= 11 is 0. The van der Waals surface area contributed by atoms with Crippen LogP contribution in [0.3, 0.4) is 0 Å². The maximum absolute atomic E-state index is 12.3. The Morgan fingerprint density at radius 2 is 1.53 bits per heavy atom. The van der Waals surface area contributed by atoms with Crippen LogP contribution >= 0.6 is 0 Å². The maximum Gasteiger partial charge on any atom is 0.351 e. The van der Waals surface area contributed by atoms with Crippen LogP contribution in [0.15, 0.2) is 88.1 Å². The molecule has 0 spiro atoms. The number of benzene rings is 3. The van der Waals surface area contributed by atoms with Crippen molar-refractivity contribution < 1.29 is 28.2 Å². The van der Waals surface area contributed by atoms with Crippen LogP contribution in [0.25, 0.3) is 11.0 Å². The predicted octanol–water partition coefficient (Wildman–Crippen LogP) is 5.28. The van der Waals surface area contributed by atoms with Crippen molar-refractivity contribution >= 4 is 22.9 Å². The highest BCUT2D eigenvalue weighted by molar-refractivity contribution is 5.93. The second-order valence-corrected chi connectivity index (χ2v) is 8.65. The average Bonchev–Trinajstić information content (AvgIpc) is 2.88. The van der Waals surface area contributed by atoms with E-state index in [4.69, 9.17) is 18.6 Å². The molecule has 0 aliphatic heterocycles. The zero-order chi connectivity index (χ0) is 25.7. The lowest BCUT2D eigenvalue weighted by molar-refractivity contribution is -0.136. The van der Waals surface area contributed by atoms with E-state index in [1.807, 2.05) is 42.5 Å². The van der Waals surface area contributed by atoms with Crippen molar-refractivity contribution in [3.63, 3.8) is 0 Å².